The number of ether oxygens (including phenoxy) is 1. The first-order valence-corrected chi connectivity index (χ1v) is 7.26. The molecule has 3 aromatic rings. The van der Waals surface area contributed by atoms with Crippen molar-refractivity contribution in [2.24, 2.45) is 0 Å². The first kappa shape index (κ1) is 15.0. The number of hydrogen-bond donors (Lipinski definition) is 0. The van der Waals surface area contributed by atoms with E-state index >= 15 is 0 Å². The lowest BCUT2D eigenvalue weighted by atomic mass is 10.1. The van der Waals surface area contributed by atoms with Gasteiger partial charge in [0.25, 0.3) is 11.1 Å². The van der Waals surface area contributed by atoms with Crippen LogP contribution in [0.25, 0.3) is 22.4 Å². The van der Waals surface area contributed by atoms with Crippen molar-refractivity contribution in [2.75, 3.05) is 6.61 Å². The highest BCUT2D eigenvalue weighted by Gasteiger charge is 2.16. The van der Waals surface area contributed by atoms with Gasteiger partial charge in [0.1, 0.15) is 11.2 Å². The van der Waals surface area contributed by atoms with Crippen LogP contribution in [0.3, 0.4) is 0 Å². The molecule has 2 heterocycles. The third-order valence-corrected chi connectivity index (χ3v) is 3.36. The SMILES string of the molecule is CCOC(=O)CCn1cnc2c(-c3ccccc3)noc2c1=O. The molecule has 0 N–H and O–H groups in total. The highest BCUT2D eigenvalue weighted by molar-refractivity contribution is 5.87. The van der Waals surface area contributed by atoms with Crippen LogP contribution in [0.4, 0.5) is 0 Å². The number of carbonyl (C=O) groups is 1. The predicted molar refractivity (Wildman–Crippen MR) is 82.8 cm³/mol. The number of hydrogen-bond acceptors (Lipinski definition) is 6. The van der Waals surface area contributed by atoms with E-state index in [-0.39, 0.29) is 30.1 Å². The predicted octanol–water partition coefficient (Wildman–Crippen LogP) is 2.00. The molecule has 1 aromatic carbocycles. The van der Waals surface area contributed by atoms with Crippen LogP contribution in [0.1, 0.15) is 13.3 Å². The molecule has 0 atom stereocenters. The molecular weight excluding hydrogens is 298 g/mol. The Hall–Kier alpha value is -2.96. The van der Waals surface area contributed by atoms with Crippen LogP contribution in [0.15, 0.2) is 46.0 Å². The maximum Gasteiger partial charge on any atom is 0.307 e. The summed E-state index contributed by atoms with van der Waals surface area (Å²) in [5, 5.41) is 3.95. The Morgan fingerprint density at radius 1 is 1.30 bits per heavy atom. The summed E-state index contributed by atoms with van der Waals surface area (Å²) in [5.41, 5.74) is 1.47. The standard InChI is InChI=1S/C16H15N3O4/c1-2-22-12(20)8-9-19-10-17-14-13(11-6-4-3-5-7-11)18-23-15(14)16(19)21/h3-7,10H,2,8-9H2,1H3. The van der Waals surface area contributed by atoms with Crippen molar-refractivity contribution in [1.29, 1.82) is 0 Å². The Kier molecular flexibility index (Phi) is 4.18. The molecule has 0 saturated carbocycles. The summed E-state index contributed by atoms with van der Waals surface area (Å²) < 4.78 is 11.3. The minimum Gasteiger partial charge on any atom is -0.466 e. The average molecular weight is 313 g/mol. The molecular formula is C16H15N3O4. The Bertz CT molecular complexity index is 883. The summed E-state index contributed by atoms with van der Waals surface area (Å²) in [6.07, 6.45) is 1.49. The first-order chi connectivity index (χ1) is 11.2. The monoisotopic (exact) mass is 313 g/mol. The van der Waals surface area contributed by atoms with Gasteiger partial charge in [-0.3, -0.25) is 14.2 Å². The van der Waals surface area contributed by atoms with E-state index in [4.69, 9.17) is 9.26 Å². The van der Waals surface area contributed by atoms with Crippen molar-refractivity contribution < 1.29 is 14.1 Å². The first-order valence-electron chi connectivity index (χ1n) is 7.26. The van der Waals surface area contributed by atoms with Crippen LogP contribution in [0.2, 0.25) is 0 Å². The normalized spacial score (nSPS) is 10.8. The van der Waals surface area contributed by atoms with E-state index in [2.05, 4.69) is 10.1 Å². The molecule has 0 unspecified atom stereocenters. The second kappa shape index (κ2) is 6.43. The van der Waals surface area contributed by atoms with E-state index in [1.807, 2.05) is 30.3 Å². The minimum atomic E-state index is -0.367. The van der Waals surface area contributed by atoms with E-state index in [9.17, 15) is 9.59 Å². The maximum absolute atomic E-state index is 12.4. The minimum absolute atomic E-state index is 0.0789. The van der Waals surface area contributed by atoms with Gasteiger partial charge >= 0.3 is 5.97 Å². The molecule has 7 nitrogen and oxygen atoms in total. The molecule has 0 spiro atoms. The summed E-state index contributed by atoms with van der Waals surface area (Å²) in [6, 6.07) is 9.37. The number of aromatic nitrogens is 3. The van der Waals surface area contributed by atoms with Crippen molar-refractivity contribution in [2.45, 2.75) is 19.9 Å². The van der Waals surface area contributed by atoms with Gasteiger partial charge in [0.05, 0.1) is 19.4 Å². The van der Waals surface area contributed by atoms with Gasteiger partial charge in [0.15, 0.2) is 0 Å². The summed E-state index contributed by atoms with van der Waals surface area (Å²) in [7, 11) is 0. The Morgan fingerprint density at radius 3 is 2.83 bits per heavy atom. The largest absolute Gasteiger partial charge is 0.466 e. The van der Waals surface area contributed by atoms with Crippen molar-refractivity contribution >= 4 is 17.1 Å². The fourth-order valence-electron chi connectivity index (χ4n) is 2.25. The summed E-state index contributed by atoms with van der Waals surface area (Å²) in [6.45, 7) is 2.23. The van der Waals surface area contributed by atoms with Crippen molar-refractivity contribution in [3.63, 3.8) is 0 Å². The van der Waals surface area contributed by atoms with Crippen LogP contribution in [-0.2, 0) is 16.1 Å². The smallest absolute Gasteiger partial charge is 0.307 e. The second-order valence-electron chi connectivity index (χ2n) is 4.87. The summed E-state index contributed by atoms with van der Waals surface area (Å²) >= 11 is 0. The van der Waals surface area contributed by atoms with Crippen LogP contribution in [0, 0.1) is 0 Å². The Morgan fingerprint density at radius 2 is 2.09 bits per heavy atom. The summed E-state index contributed by atoms with van der Waals surface area (Å²) in [5.74, 6) is -0.359. The zero-order valence-electron chi connectivity index (χ0n) is 12.6. The molecule has 0 bridgehead atoms. The van der Waals surface area contributed by atoms with Crippen LogP contribution >= 0.6 is 0 Å². The van der Waals surface area contributed by atoms with E-state index in [0.29, 0.717) is 17.8 Å². The van der Waals surface area contributed by atoms with Gasteiger partial charge in [-0.2, -0.15) is 0 Å². The number of carbonyl (C=O) groups excluding carboxylic acids is 1. The van der Waals surface area contributed by atoms with Crippen LogP contribution in [-0.4, -0.2) is 27.3 Å². The molecule has 7 heteroatoms. The Balaban J connectivity index is 1.92. The Labute approximate surface area is 131 Å². The molecule has 118 valence electrons. The molecule has 0 amide bonds. The molecule has 0 saturated heterocycles. The zero-order valence-corrected chi connectivity index (χ0v) is 12.6. The fourth-order valence-corrected chi connectivity index (χ4v) is 2.25. The quantitative estimate of drug-likeness (QED) is 0.670. The molecule has 0 aliphatic rings. The van der Waals surface area contributed by atoms with Gasteiger partial charge in [-0.25, -0.2) is 4.98 Å². The lowest BCUT2D eigenvalue weighted by molar-refractivity contribution is -0.143. The fraction of sp³-hybridized carbons (Fsp3) is 0.250. The van der Waals surface area contributed by atoms with E-state index < -0.39 is 0 Å². The van der Waals surface area contributed by atoms with Gasteiger partial charge in [-0.1, -0.05) is 35.5 Å². The molecule has 0 radical (unpaired) electrons. The number of aryl methyl sites for hydroxylation is 1. The highest BCUT2D eigenvalue weighted by Crippen LogP contribution is 2.23. The average Bonchev–Trinajstić information content (AvgIpc) is 3.00. The summed E-state index contributed by atoms with van der Waals surface area (Å²) in [4.78, 5) is 28.0. The van der Waals surface area contributed by atoms with Gasteiger partial charge in [0, 0.05) is 12.1 Å². The number of esters is 1. The van der Waals surface area contributed by atoms with Crippen molar-refractivity contribution in [1.82, 2.24) is 14.7 Å². The molecule has 3 rings (SSSR count). The topological polar surface area (TPSA) is 87.2 Å². The van der Waals surface area contributed by atoms with Crippen LogP contribution < -0.4 is 5.56 Å². The molecule has 0 fully saturated rings. The number of fused-ring (bicyclic) bond motifs is 1. The van der Waals surface area contributed by atoms with E-state index in [0.717, 1.165) is 5.56 Å². The highest BCUT2D eigenvalue weighted by atomic mass is 16.5. The third kappa shape index (κ3) is 2.98. The van der Waals surface area contributed by atoms with Gasteiger partial charge in [-0.05, 0) is 6.92 Å². The molecule has 23 heavy (non-hydrogen) atoms. The number of benzene rings is 1. The third-order valence-electron chi connectivity index (χ3n) is 3.36. The molecule has 0 aliphatic carbocycles. The molecule has 0 aliphatic heterocycles. The molecule has 2 aromatic heterocycles. The van der Waals surface area contributed by atoms with Gasteiger partial charge in [0.2, 0.25) is 0 Å². The second-order valence-corrected chi connectivity index (χ2v) is 4.87. The lowest BCUT2D eigenvalue weighted by Gasteiger charge is -2.04. The number of nitrogens with zero attached hydrogens (tertiary/aromatic N) is 3. The zero-order chi connectivity index (χ0) is 16.2. The van der Waals surface area contributed by atoms with Crippen molar-refractivity contribution in [3.8, 4) is 11.3 Å². The van der Waals surface area contributed by atoms with Crippen LogP contribution in [0.5, 0.6) is 0 Å². The lowest BCUT2D eigenvalue weighted by Crippen LogP contribution is -2.22. The van der Waals surface area contributed by atoms with Gasteiger partial charge < -0.3 is 9.26 Å². The van der Waals surface area contributed by atoms with E-state index in [1.165, 1.54) is 10.9 Å². The maximum atomic E-state index is 12.4. The van der Waals surface area contributed by atoms with E-state index in [1.54, 1.807) is 6.92 Å². The number of rotatable bonds is 5. The van der Waals surface area contributed by atoms with Gasteiger partial charge in [-0.15, -0.1) is 0 Å². The van der Waals surface area contributed by atoms with Crippen molar-refractivity contribution in [3.05, 3.63) is 47.0 Å².